The van der Waals surface area contributed by atoms with Gasteiger partial charge < -0.3 is 4.98 Å². The largest absolute Gasteiger partial charge is 0.361 e. The summed E-state index contributed by atoms with van der Waals surface area (Å²) in [5.74, 6) is 6.01. The molecule has 0 aliphatic heterocycles. The summed E-state index contributed by atoms with van der Waals surface area (Å²) in [6, 6.07) is 8.03. The van der Waals surface area contributed by atoms with Gasteiger partial charge in [0, 0.05) is 40.5 Å². The molecule has 0 amide bonds. The van der Waals surface area contributed by atoms with Crippen LogP contribution in [0.15, 0.2) is 35.6 Å². The summed E-state index contributed by atoms with van der Waals surface area (Å²) in [6.07, 6.45) is 2.50. The summed E-state index contributed by atoms with van der Waals surface area (Å²) in [7, 11) is 0. The molecule has 2 aromatic rings. The van der Waals surface area contributed by atoms with Crippen molar-refractivity contribution >= 4 is 10.9 Å². The summed E-state index contributed by atoms with van der Waals surface area (Å²) in [4.78, 5) is 5.79. The maximum absolute atomic E-state index is 8.08. The maximum Gasteiger partial charge on any atom is 0.0454 e. The zero-order valence-corrected chi connectivity index (χ0v) is 8.64. The first-order valence-corrected chi connectivity index (χ1v) is 4.97. The smallest absolute Gasteiger partial charge is 0.0454 e. The standard InChI is InChI=1S/C12H10N4/c13-16-15-7-2-1-3-10-4-5-12-11(9-10)6-8-14-12/h4-6,8-9,14H,2,7H2. The molecule has 0 aliphatic carbocycles. The number of benzene rings is 1. The second-order valence-electron chi connectivity index (χ2n) is 3.29. The van der Waals surface area contributed by atoms with Crippen LogP contribution in [0, 0.1) is 11.8 Å². The minimum atomic E-state index is 0.426. The lowest BCUT2D eigenvalue weighted by atomic mass is 10.1. The van der Waals surface area contributed by atoms with Crippen LogP contribution in [0.5, 0.6) is 0 Å². The maximum atomic E-state index is 8.08. The molecule has 0 unspecified atom stereocenters. The molecule has 0 aliphatic rings. The van der Waals surface area contributed by atoms with E-state index >= 15 is 0 Å². The second-order valence-corrected chi connectivity index (χ2v) is 3.29. The topological polar surface area (TPSA) is 64.6 Å². The van der Waals surface area contributed by atoms with Crippen LogP contribution < -0.4 is 0 Å². The Hall–Kier alpha value is -2.37. The third-order valence-electron chi connectivity index (χ3n) is 2.19. The van der Waals surface area contributed by atoms with Crippen molar-refractivity contribution in [1.29, 1.82) is 0 Å². The molecule has 0 saturated carbocycles. The van der Waals surface area contributed by atoms with Crippen LogP contribution in [0.1, 0.15) is 12.0 Å². The van der Waals surface area contributed by atoms with E-state index in [1.54, 1.807) is 0 Å². The Bertz CT molecular complexity index is 594. The van der Waals surface area contributed by atoms with Crippen LogP contribution in [0.25, 0.3) is 21.3 Å². The highest BCUT2D eigenvalue weighted by Gasteiger charge is 1.93. The monoisotopic (exact) mass is 210 g/mol. The van der Waals surface area contributed by atoms with Gasteiger partial charge in [0.05, 0.1) is 0 Å². The molecule has 16 heavy (non-hydrogen) atoms. The molecule has 1 N–H and O–H groups in total. The quantitative estimate of drug-likeness (QED) is 0.260. The number of fused-ring (bicyclic) bond motifs is 1. The van der Waals surface area contributed by atoms with E-state index in [1.165, 1.54) is 0 Å². The Labute approximate surface area is 92.9 Å². The third kappa shape index (κ3) is 2.35. The van der Waals surface area contributed by atoms with Gasteiger partial charge in [0.2, 0.25) is 0 Å². The first-order valence-electron chi connectivity index (χ1n) is 4.97. The van der Waals surface area contributed by atoms with E-state index in [9.17, 15) is 0 Å². The molecule has 0 spiro atoms. The molecule has 2 rings (SSSR count). The molecule has 0 bridgehead atoms. The molecule has 0 radical (unpaired) electrons. The van der Waals surface area contributed by atoms with Gasteiger partial charge in [-0.1, -0.05) is 17.0 Å². The van der Waals surface area contributed by atoms with E-state index < -0.39 is 0 Å². The molecule has 1 aromatic carbocycles. The fourth-order valence-corrected chi connectivity index (χ4v) is 1.45. The van der Waals surface area contributed by atoms with Crippen LogP contribution in [-0.2, 0) is 0 Å². The number of H-pyrrole nitrogens is 1. The molecule has 4 nitrogen and oxygen atoms in total. The van der Waals surface area contributed by atoms with E-state index in [0.717, 1.165) is 16.5 Å². The van der Waals surface area contributed by atoms with Gasteiger partial charge in [-0.2, -0.15) is 0 Å². The van der Waals surface area contributed by atoms with Crippen LogP contribution >= 0.6 is 0 Å². The van der Waals surface area contributed by atoms with Gasteiger partial charge >= 0.3 is 0 Å². The normalized spacial score (nSPS) is 9.25. The van der Waals surface area contributed by atoms with E-state index in [1.807, 2.05) is 30.5 Å². The van der Waals surface area contributed by atoms with Gasteiger partial charge in [0.15, 0.2) is 0 Å². The molecule has 0 atom stereocenters. The minimum Gasteiger partial charge on any atom is -0.361 e. The van der Waals surface area contributed by atoms with E-state index in [2.05, 4.69) is 26.9 Å². The van der Waals surface area contributed by atoms with E-state index in [-0.39, 0.29) is 0 Å². The highest BCUT2D eigenvalue weighted by molar-refractivity contribution is 5.80. The molecular formula is C12H10N4. The fraction of sp³-hybridized carbons (Fsp3) is 0.167. The predicted octanol–water partition coefficient (Wildman–Crippen LogP) is 3.22. The van der Waals surface area contributed by atoms with Crippen LogP contribution in [0.4, 0.5) is 0 Å². The molecule has 0 saturated heterocycles. The predicted molar refractivity (Wildman–Crippen MR) is 63.8 cm³/mol. The number of rotatable bonds is 2. The molecule has 0 fully saturated rings. The summed E-state index contributed by atoms with van der Waals surface area (Å²) < 4.78 is 0. The Morgan fingerprint density at radius 1 is 1.38 bits per heavy atom. The van der Waals surface area contributed by atoms with E-state index in [0.29, 0.717) is 13.0 Å². The molecule has 1 aromatic heterocycles. The summed E-state index contributed by atoms with van der Waals surface area (Å²) in [6.45, 7) is 0.426. The summed E-state index contributed by atoms with van der Waals surface area (Å²) in [5, 5.41) is 4.57. The number of azide groups is 1. The number of nitrogens with zero attached hydrogens (tertiary/aromatic N) is 3. The van der Waals surface area contributed by atoms with Crippen LogP contribution in [0.2, 0.25) is 0 Å². The number of hydrogen-bond donors (Lipinski definition) is 1. The lowest BCUT2D eigenvalue weighted by molar-refractivity contribution is 1.01. The lowest BCUT2D eigenvalue weighted by Gasteiger charge is -1.91. The highest BCUT2D eigenvalue weighted by Crippen LogP contribution is 2.13. The zero-order valence-electron chi connectivity index (χ0n) is 8.64. The van der Waals surface area contributed by atoms with Crippen molar-refractivity contribution in [3.8, 4) is 11.8 Å². The fourth-order valence-electron chi connectivity index (χ4n) is 1.45. The Balaban J connectivity index is 2.11. The highest BCUT2D eigenvalue weighted by atomic mass is 15.1. The summed E-state index contributed by atoms with van der Waals surface area (Å²) >= 11 is 0. The van der Waals surface area contributed by atoms with Crippen molar-refractivity contribution in [1.82, 2.24) is 4.98 Å². The van der Waals surface area contributed by atoms with Crippen LogP contribution in [0.3, 0.4) is 0 Å². The van der Waals surface area contributed by atoms with Crippen molar-refractivity contribution in [3.05, 3.63) is 46.5 Å². The number of hydrogen-bond acceptors (Lipinski definition) is 1. The lowest BCUT2D eigenvalue weighted by Crippen LogP contribution is -1.76. The zero-order chi connectivity index (χ0) is 11.2. The Morgan fingerprint density at radius 3 is 3.19 bits per heavy atom. The first kappa shape index (κ1) is 10.2. The van der Waals surface area contributed by atoms with Crippen molar-refractivity contribution < 1.29 is 0 Å². The molecule has 4 heteroatoms. The Kier molecular flexibility index (Phi) is 3.12. The SMILES string of the molecule is [N-]=[N+]=NCCC#Cc1ccc2[nH]ccc2c1. The van der Waals surface area contributed by atoms with Crippen LogP contribution in [-0.4, -0.2) is 11.5 Å². The number of nitrogens with one attached hydrogen (secondary N) is 1. The van der Waals surface area contributed by atoms with Gasteiger partial charge in [-0.3, -0.25) is 0 Å². The van der Waals surface area contributed by atoms with Crippen molar-refractivity contribution in [2.75, 3.05) is 6.54 Å². The molecule has 78 valence electrons. The third-order valence-corrected chi connectivity index (χ3v) is 2.19. The van der Waals surface area contributed by atoms with Gasteiger partial charge in [-0.15, -0.1) is 0 Å². The van der Waals surface area contributed by atoms with Gasteiger partial charge in [0.25, 0.3) is 0 Å². The Morgan fingerprint density at radius 2 is 2.31 bits per heavy atom. The van der Waals surface area contributed by atoms with Crippen molar-refractivity contribution in [3.63, 3.8) is 0 Å². The van der Waals surface area contributed by atoms with Gasteiger partial charge in [0.1, 0.15) is 0 Å². The van der Waals surface area contributed by atoms with Gasteiger partial charge in [-0.25, -0.2) is 0 Å². The average Bonchev–Trinajstić information content (AvgIpc) is 2.76. The number of aromatic nitrogens is 1. The van der Waals surface area contributed by atoms with Crippen molar-refractivity contribution in [2.45, 2.75) is 6.42 Å². The average molecular weight is 210 g/mol. The second kappa shape index (κ2) is 4.92. The number of aromatic amines is 1. The summed E-state index contributed by atoms with van der Waals surface area (Å²) in [5.41, 5.74) is 10.2. The van der Waals surface area contributed by atoms with Gasteiger partial charge in [-0.05, 0) is 29.8 Å². The molecule has 1 heterocycles. The minimum absolute atomic E-state index is 0.426. The van der Waals surface area contributed by atoms with Crippen molar-refractivity contribution in [2.24, 2.45) is 5.11 Å². The molecular weight excluding hydrogens is 200 g/mol. The van der Waals surface area contributed by atoms with E-state index in [4.69, 9.17) is 5.53 Å². The first-order chi connectivity index (χ1) is 7.90.